The molecule has 2 N–H and O–H groups in total. The van der Waals surface area contributed by atoms with Crippen LogP contribution in [0.2, 0.25) is 10.0 Å². The first kappa shape index (κ1) is 15.1. The molecule has 0 atom stereocenters. The molecule has 0 radical (unpaired) electrons. The highest BCUT2D eigenvalue weighted by Gasteiger charge is 2.10. The molecule has 5 heteroatoms. The van der Waals surface area contributed by atoms with Crippen molar-refractivity contribution >= 4 is 40.4 Å². The normalized spacial score (nSPS) is 10.4. The predicted molar refractivity (Wildman–Crippen MR) is 88.3 cm³/mol. The van der Waals surface area contributed by atoms with Crippen molar-refractivity contribution in [2.75, 3.05) is 0 Å². The second-order valence-electron chi connectivity index (χ2n) is 4.48. The van der Waals surface area contributed by atoms with E-state index in [1.54, 1.807) is 18.2 Å². The molecular formula is C15H13Cl2NOS. The van der Waals surface area contributed by atoms with Gasteiger partial charge < -0.3 is 10.5 Å². The van der Waals surface area contributed by atoms with Gasteiger partial charge in [-0.1, -0.05) is 35.4 Å². The van der Waals surface area contributed by atoms with E-state index < -0.39 is 0 Å². The van der Waals surface area contributed by atoms with Crippen LogP contribution in [0.4, 0.5) is 0 Å². The Kier molecular flexibility index (Phi) is 4.53. The van der Waals surface area contributed by atoms with Crippen molar-refractivity contribution < 1.29 is 4.74 Å². The molecule has 2 rings (SSSR count). The molecule has 2 nitrogen and oxygen atoms in total. The topological polar surface area (TPSA) is 35.2 Å². The van der Waals surface area contributed by atoms with Crippen LogP contribution in [0.3, 0.4) is 0 Å². The SMILES string of the molecule is Cc1cc(Cl)cc(C)c1Oc1ccc(C(N)=S)cc1Cl. The molecule has 0 fully saturated rings. The quantitative estimate of drug-likeness (QED) is 0.803. The van der Waals surface area contributed by atoms with Crippen LogP contribution in [0.1, 0.15) is 16.7 Å². The van der Waals surface area contributed by atoms with Crippen molar-refractivity contribution in [2.45, 2.75) is 13.8 Å². The van der Waals surface area contributed by atoms with Crippen molar-refractivity contribution in [3.8, 4) is 11.5 Å². The number of benzene rings is 2. The maximum atomic E-state index is 6.19. The Morgan fingerprint density at radius 2 is 1.70 bits per heavy atom. The van der Waals surface area contributed by atoms with Crippen molar-refractivity contribution in [3.05, 3.63) is 57.1 Å². The van der Waals surface area contributed by atoms with E-state index >= 15 is 0 Å². The second kappa shape index (κ2) is 6.00. The lowest BCUT2D eigenvalue weighted by atomic mass is 10.1. The van der Waals surface area contributed by atoms with Gasteiger partial charge >= 0.3 is 0 Å². The van der Waals surface area contributed by atoms with E-state index in [1.165, 1.54) is 0 Å². The Morgan fingerprint density at radius 3 is 2.20 bits per heavy atom. The lowest BCUT2D eigenvalue weighted by Crippen LogP contribution is -2.09. The standard InChI is InChI=1S/C15H13Cl2NOS/c1-8-5-11(16)6-9(2)14(8)19-13-4-3-10(15(18)20)7-12(13)17/h3-7H,1-2H3,(H2,18,20). The minimum Gasteiger partial charge on any atom is -0.455 e. The van der Waals surface area contributed by atoms with E-state index in [9.17, 15) is 0 Å². The zero-order valence-corrected chi connectivity index (χ0v) is 13.4. The van der Waals surface area contributed by atoms with Crippen molar-refractivity contribution in [1.82, 2.24) is 0 Å². The Hall–Kier alpha value is -1.29. The van der Waals surface area contributed by atoms with E-state index in [0.29, 0.717) is 26.3 Å². The summed E-state index contributed by atoms with van der Waals surface area (Å²) in [6.07, 6.45) is 0. The third kappa shape index (κ3) is 3.23. The smallest absolute Gasteiger partial charge is 0.146 e. The van der Waals surface area contributed by atoms with E-state index in [-0.39, 0.29) is 0 Å². The van der Waals surface area contributed by atoms with Crippen LogP contribution in [-0.4, -0.2) is 4.99 Å². The largest absolute Gasteiger partial charge is 0.455 e. The summed E-state index contributed by atoms with van der Waals surface area (Å²) in [5.74, 6) is 1.31. The fourth-order valence-corrected chi connectivity index (χ4v) is 2.58. The van der Waals surface area contributed by atoms with Crippen LogP contribution in [0.5, 0.6) is 11.5 Å². The summed E-state index contributed by atoms with van der Waals surface area (Å²) in [4.78, 5) is 0.303. The second-order valence-corrected chi connectivity index (χ2v) is 5.76. The molecule has 0 aliphatic carbocycles. The summed E-state index contributed by atoms with van der Waals surface area (Å²) in [6.45, 7) is 3.87. The van der Waals surface area contributed by atoms with E-state index in [2.05, 4.69) is 0 Å². The average molecular weight is 326 g/mol. The fourth-order valence-electron chi connectivity index (χ4n) is 1.91. The van der Waals surface area contributed by atoms with Crippen molar-refractivity contribution in [3.63, 3.8) is 0 Å². The molecule has 0 spiro atoms. The zero-order valence-electron chi connectivity index (χ0n) is 11.0. The molecule has 0 amide bonds. The molecule has 0 aromatic heterocycles. The summed E-state index contributed by atoms with van der Waals surface area (Å²) in [5, 5.41) is 1.14. The number of ether oxygens (including phenoxy) is 1. The van der Waals surface area contributed by atoms with Crippen LogP contribution in [0.25, 0.3) is 0 Å². The Bertz CT molecular complexity index is 663. The molecule has 2 aromatic carbocycles. The number of hydrogen-bond donors (Lipinski definition) is 1. The van der Waals surface area contributed by atoms with Crippen LogP contribution < -0.4 is 10.5 Å². The molecule has 20 heavy (non-hydrogen) atoms. The molecule has 0 bridgehead atoms. The maximum Gasteiger partial charge on any atom is 0.146 e. The number of aryl methyl sites for hydroxylation is 2. The van der Waals surface area contributed by atoms with Gasteiger partial charge in [-0.15, -0.1) is 0 Å². The summed E-state index contributed by atoms with van der Waals surface area (Å²) < 4.78 is 5.89. The highest BCUT2D eigenvalue weighted by molar-refractivity contribution is 7.80. The highest BCUT2D eigenvalue weighted by Crippen LogP contribution is 2.35. The Labute approximate surface area is 133 Å². The number of nitrogens with two attached hydrogens (primary N) is 1. The van der Waals surface area contributed by atoms with E-state index in [4.69, 9.17) is 45.9 Å². The first-order chi connectivity index (χ1) is 9.38. The first-order valence-electron chi connectivity index (χ1n) is 5.92. The van der Waals surface area contributed by atoms with Crippen LogP contribution >= 0.6 is 35.4 Å². The third-order valence-corrected chi connectivity index (χ3v) is 3.60. The minimum absolute atomic E-state index is 0.303. The van der Waals surface area contributed by atoms with Gasteiger partial charge in [0.2, 0.25) is 0 Å². The average Bonchev–Trinajstić information content (AvgIpc) is 2.34. The van der Waals surface area contributed by atoms with Crippen molar-refractivity contribution in [1.29, 1.82) is 0 Å². The number of hydrogen-bond acceptors (Lipinski definition) is 2. The molecule has 0 unspecified atom stereocenters. The monoisotopic (exact) mass is 325 g/mol. The molecule has 2 aromatic rings. The van der Waals surface area contributed by atoms with Gasteiger partial charge in [-0.25, -0.2) is 0 Å². The lowest BCUT2D eigenvalue weighted by molar-refractivity contribution is 0.475. The van der Waals surface area contributed by atoms with Gasteiger partial charge in [-0.2, -0.15) is 0 Å². The molecule has 0 saturated carbocycles. The van der Waals surface area contributed by atoms with Gasteiger partial charge in [-0.3, -0.25) is 0 Å². The van der Waals surface area contributed by atoms with Crippen LogP contribution in [-0.2, 0) is 0 Å². The van der Waals surface area contributed by atoms with E-state index in [0.717, 1.165) is 16.9 Å². The van der Waals surface area contributed by atoms with Gasteiger partial charge in [-0.05, 0) is 55.3 Å². The van der Waals surface area contributed by atoms with Crippen LogP contribution in [0, 0.1) is 13.8 Å². The van der Waals surface area contributed by atoms with Gasteiger partial charge in [0.25, 0.3) is 0 Å². The maximum absolute atomic E-state index is 6.19. The number of thiocarbonyl (C=S) groups is 1. The lowest BCUT2D eigenvalue weighted by Gasteiger charge is -2.14. The number of halogens is 2. The summed E-state index contributed by atoms with van der Waals surface area (Å²) >= 11 is 17.1. The van der Waals surface area contributed by atoms with Gasteiger partial charge in [0.15, 0.2) is 0 Å². The molecule has 0 heterocycles. The highest BCUT2D eigenvalue weighted by atomic mass is 35.5. The molecular weight excluding hydrogens is 313 g/mol. The van der Waals surface area contributed by atoms with Crippen LogP contribution in [0.15, 0.2) is 30.3 Å². The predicted octanol–water partition coefficient (Wildman–Crippen LogP) is 5.04. The van der Waals surface area contributed by atoms with Gasteiger partial charge in [0.1, 0.15) is 16.5 Å². The zero-order chi connectivity index (χ0) is 14.9. The third-order valence-electron chi connectivity index (χ3n) is 2.85. The van der Waals surface area contributed by atoms with Gasteiger partial charge in [0.05, 0.1) is 5.02 Å². The summed E-state index contributed by atoms with van der Waals surface area (Å²) in [7, 11) is 0. The number of rotatable bonds is 3. The molecule has 0 saturated heterocycles. The minimum atomic E-state index is 0.303. The fraction of sp³-hybridized carbons (Fsp3) is 0.133. The van der Waals surface area contributed by atoms with Crippen molar-refractivity contribution in [2.24, 2.45) is 5.73 Å². The Morgan fingerprint density at radius 1 is 1.10 bits per heavy atom. The molecule has 104 valence electrons. The van der Waals surface area contributed by atoms with E-state index in [1.807, 2.05) is 26.0 Å². The summed E-state index contributed by atoms with van der Waals surface area (Å²) in [6, 6.07) is 8.93. The first-order valence-corrected chi connectivity index (χ1v) is 7.09. The molecule has 0 aliphatic heterocycles. The summed E-state index contributed by atoms with van der Waals surface area (Å²) in [5.41, 5.74) is 8.17. The van der Waals surface area contributed by atoms with Gasteiger partial charge in [0, 0.05) is 10.6 Å². The Balaban J connectivity index is 2.38. The molecule has 0 aliphatic rings.